The number of benzene rings is 2. The van der Waals surface area contributed by atoms with Crippen molar-refractivity contribution < 1.29 is 4.39 Å². The monoisotopic (exact) mass is 436 g/mol. The molecule has 0 heterocycles. The van der Waals surface area contributed by atoms with Crippen molar-refractivity contribution >= 4 is 0 Å². The summed E-state index contributed by atoms with van der Waals surface area (Å²) in [4.78, 5) is 0. The maximum absolute atomic E-state index is 13.0. The minimum atomic E-state index is -0.172. The predicted octanol–water partition coefficient (Wildman–Crippen LogP) is 6.34. The van der Waals surface area contributed by atoms with Gasteiger partial charge >= 0.3 is 0 Å². The molecule has 0 saturated heterocycles. The van der Waals surface area contributed by atoms with Gasteiger partial charge in [0.25, 0.3) is 0 Å². The lowest BCUT2D eigenvalue weighted by Gasteiger charge is -2.55. The van der Waals surface area contributed by atoms with Crippen LogP contribution in [0.5, 0.6) is 0 Å². The lowest BCUT2D eigenvalue weighted by molar-refractivity contribution is 0.0261. The van der Waals surface area contributed by atoms with E-state index in [4.69, 9.17) is 0 Å². The second-order valence-corrected chi connectivity index (χ2v) is 11.1. The van der Waals surface area contributed by atoms with Crippen molar-refractivity contribution in [3.8, 4) is 0 Å². The first-order chi connectivity index (χ1) is 15.3. The fourth-order valence-electron chi connectivity index (χ4n) is 6.60. The van der Waals surface area contributed by atoms with Crippen molar-refractivity contribution in [2.75, 3.05) is 19.6 Å². The van der Waals surface area contributed by atoms with Crippen LogP contribution in [-0.4, -0.2) is 19.6 Å². The zero-order valence-electron chi connectivity index (χ0n) is 20.4. The summed E-state index contributed by atoms with van der Waals surface area (Å²) in [6, 6.07) is 14.1. The largest absolute Gasteiger partial charge is 0.315 e. The molecule has 4 rings (SSSR count). The van der Waals surface area contributed by atoms with Crippen molar-refractivity contribution in [1.29, 1.82) is 0 Å². The zero-order valence-corrected chi connectivity index (χ0v) is 20.4. The molecule has 0 radical (unpaired) electrons. The lowest BCUT2D eigenvalue weighted by atomic mass is 9.49. The Balaban J connectivity index is 1.34. The van der Waals surface area contributed by atoms with Crippen LogP contribution in [0, 0.1) is 17.2 Å². The van der Waals surface area contributed by atoms with E-state index in [0.717, 1.165) is 37.7 Å². The summed E-state index contributed by atoms with van der Waals surface area (Å²) in [5.41, 5.74) is 6.50. The molecule has 0 unspecified atom stereocenters. The normalized spacial score (nSPS) is 27.2. The van der Waals surface area contributed by atoms with E-state index in [1.54, 1.807) is 11.1 Å². The average Bonchev–Trinajstić information content (AvgIpc) is 2.77. The fraction of sp³-hybridized carbons (Fsp3) is 0.586. The quantitative estimate of drug-likeness (QED) is 0.472. The van der Waals surface area contributed by atoms with E-state index in [1.807, 2.05) is 12.1 Å². The Morgan fingerprint density at radius 1 is 1.00 bits per heavy atom. The van der Waals surface area contributed by atoms with Gasteiger partial charge in [-0.3, -0.25) is 0 Å². The summed E-state index contributed by atoms with van der Waals surface area (Å²) in [6.45, 7) is 13.4. The Bertz CT molecular complexity index is 906. The van der Waals surface area contributed by atoms with Gasteiger partial charge in [0, 0.05) is 26.2 Å². The van der Waals surface area contributed by atoms with Crippen LogP contribution in [0.15, 0.2) is 42.5 Å². The smallest absolute Gasteiger partial charge is 0.123 e. The van der Waals surface area contributed by atoms with Gasteiger partial charge in [0.2, 0.25) is 0 Å². The Labute approximate surface area is 194 Å². The third-order valence-electron chi connectivity index (χ3n) is 8.42. The SMILES string of the molecule is CC(C)c1ccc2c(c1)CC[C@H]1[C@](C)(CNCCNCc3ccc(F)cc3)CCC[C@]21C. The van der Waals surface area contributed by atoms with Gasteiger partial charge in [-0.25, -0.2) is 4.39 Å². The van der Waals surface area contributed by atoms with Gasteiger partial charge in [0.1, 0.15) is 5.82 Å². The second kappa shape index (κ2) is 9.65. The number of fused-ring (bicyclic) bond motifs is 3. The van der Waals surface area contributed by atoms with E-state index in [-0.39, 0.29) is 5.82 Å². The Kier molecular flexibility index (Phi) is 7.07. The van der Waals surface area contributed by atoms with Crippen LogP contribution in [0.3, 0.4) is 0 Å². The van der Waals surface area contributed by atoms with Gasteiger partial charge in [-0.1, -0.05) is 64.4 Å². The first-order valence-electron chi connectivity index (χ1n) is 12.6. The van der Waals surface area contributed by atoms with Crippen LogP contribution >= 0.6 is 0 Å². The van der Waals surface area contributed by atoms with Crippen LogP contribution in [0.25, 0.3) is 0 Å². The maximum Gasteiger partial charge on any atom is 0.123 e. The molecule has 2 N–H and O–H groups in total. The maximum atomic E-state index is 13.0. The predicted molar refractivity (Wildman–Crippen MR) is 133 cm³/mol. The molecule has 0 aliphatic heterocycles. The highest BCUT2D eigenvalue weighted by atomic mass is 19.1. The van der Waals surface area contributed by atoms with E-state index >= 15 is 0 Å². The number of aryl methyl sites for hydroxylation is 1. The first kappa shape index (κ1) is 23.4. The van der Waals surface area contributed by atoms with Crippen molar-refractivity contribution in [3.05, 3.63) is 70.5 Å². The third-order valence-corrected chi connectivity index (χ3v) is 8.42. The topological polar surface area (TPSA) is 24.1 Å². The van der Waals surface area contributed by atoms with Crippen LogP contribution in [0.4, 0.5) is 4.39 Å². The minimum absolute atomic E-state index is 0.172. The molecule has 0 bridgehead atoms. The van der Waals surface area contributed by atoms with Gasteiger partial charge in [-0.2, -0.15) is 0 Å². The molecular weight excluding hydrogens is 395 g/mol. The van der Waals surface area contributed by atoms with E-state index in [2.05, 4.69) is 56.5 Å². The molecule has 2 aromatic carbocycles. The molecule has 2 aromatic rings. The van der Waals surface area contributed by atoms with E-state index in [1.165, 1.54) is 49.8 Å². The molecule has 2 nitrogen and oxygen atoms in total. The average molecular weight is 437 g/mol. The van der Waals surface area contributed by atoms with Crippen molar-refractivity contribution in [3.63, 3.8) is 0 Å². The van der Waals surface area contributed by atoms with Gasteiger partial charge in [-0.15, -0.1) is 0 Å². The molecule has 0 amide bonds. The molecule has 174 valence electrons. The zero-order chi connectivity index (χ0) is 22.8. The van der Waals surface area contributed by atoms with E-state index < -0.39 is 0 Å². The summed E-state index contributed by atoms with van der Waals surface area (Å²) >= 11 is 0. The van der Waals surface area contributed by atoms with Gasteiger partial charge in [-0.05, 0) is 82.7 Å². The number of hydrogen-bond acceptors (Lipinski definition) is 2. The van der Waals surface area contributed by atoms with Gasteiger partial charge in [0.05, 0.1) is 0 Å². The molecule has 2 aliphatic carbocycles. The van der Waals surface area contributed by atoms with Crippen molar-refractivity contribution in [2.24, 2.45) is 11.3 Å². The summed E-state index contributed by atoms with van der Waals surface area (Å²) in [5, 5.41) is 7.24. The van der Waals surface area contributed by atoms with Crippen LogP contribution < -0.4 is 10.6 Å². The molecule has 32 heavy (non-hydrogen) atoms. The number of hydrogen-bond donors (Lipinski definition) is 2. The molecule has 2 aliphatic rings. The lowest BCUT2D eigenvalue weighted by Crippen LogP contribution is -2.53. The molecular formula is C29H41FN2. The molecule has 1 fully saturated rings. The summed E-state index contributed by atoms with van der Waals surface area (Å²) in [6.07, 6.45) is 6.50. The standard InChI is InChI=1S/C29H41FN2/c1-21(2)23-8-12-26-24(18-23)9-13-27-28(3,14-5-15-29(26,27)4)20-32-17-16-31-19-22-6-10-25(30)11-7-22/h6-8,10-12,18,21,27,31-32H,5,9,13-17,19-20H2,1-4H3/t27-,28-,29+/m0/s1. The Hall–Kier alpha value is -1.71. The fourth-order valence-corrected chi connectivity index (χ4v) is 6.60. The van der Waals surface area contributed by atoms with Crippen LogP contribution in [0.1, 0.15) is 81.5 Å². The molecule has 0 spiro atoms. The highest BCUT2D eigenvalue weighted by Gasteiger charge is 2.51. The number of halogens is 1. The van der Waals surface area contributed by atoms with Gasteiger partial charge in [0.15, 0.2) is 0 Å². The molecule has 3 heteroatoms. The minimum Gasteiger partial charge on any atom is -0.315 e. The molecule has 0 aromatic heterocycles. The van der Waals surface area contributed by atoms with E-state index in [9.17, 15) is 4.39 Å². The molecule has 3 atom stereocenters. The van der Waals surface area contributed by atoms with Crippen molar-refractivity contribution in [1.82, 2.24) is 10.6 Å². The first-order valence-corrected chi connectivity index (χ1v) is 12.6. The van der Waals surface area contributed by atoms with Crippen LogP contribution in [-0.2, 0) is 18.4 Å². The number of nitrogens with one attached hydrogen (secondary N) is 2. The summed E-state index contributed by atoms with van der Waals surface area (Å²) in [7, 11) is 0. The summed E-state index contributed by atoms with van der Waals surface area (Å²) in [5.74, 6) is 1.16. The van der Waals surface area contributed by atoms with Crippen molar-refractivity contribution in [2.45, 2.75) is 77.7 Å². The van der Waals surface area contributed by atoms with Crippen LogP contribution in [0.2, 0.25) is 0 Å². The highest BCUT2D eigenvalue weighted by molar-refractivity contribution is 5.42. The summed E-state index contributed by atoms with van der Waals surface area (Å²) < 4.78 is 13.0. The Morgan fingerprint density at radius 3 is 2.50 bits per heavy atom. The highest BCUT2D eigenvalue weighted by Crippen LogP contribution is 2.57. The number of rotatable bonds is 8. The third kappa shape index (κ3) is 4.79. The Morgan fingerprint density at radius 2 is 1.75 bits per heavy atom. The molecule has 1 saturated carbocycles. The van der Waals surface area contributed by atoms with Gasteiger partial charge < -0.3 is 10.6 Å². The second-order valence-electron chi connectivity index (χ2n) is 11.1. The van der Waals surface area contributed by atoms with E-state index in [0.29, 0.717) is 16.7 Å².